The summed E-state index contributed by atoms with van der Waals surface area (Å²) in [5.74, 6) is 0.651. The number of nitrogens with zero attached hydrogens (tertiary/aromatic N) is 4. The molecule has 0 aliphatic carbocycles. The lowest BCUT2D eigenvalue weighted by atomic mass is 10.2. The number of nitrogen functional groups attached to an aromatic ring is 1. The van der Waals surface area contributed by atoms with Crippen LogP contribution in [0, 0.1) is 0 Å². The molecule has 2 aromatic rings. The van der Waals surface area contributed by atoms with E-state index in [4.69, 9.17) is 10.5 Å². The highest BCUT2D eigenvalue weighted by atomic mass is 16.5. The van der Waals surface area contributed by atoms with Gasteiger partial charge in [0.05, 0.1) is 19.0 Å². The molecule has 0 saturated carbocycles. The van der Waals surface area contributed by atoms with Crippen molar-refractivity contribution in [3.8, 4) is 17.1 Å². The first-order valence-electron chi connectivity index (χ1n) is 5.44. The Labute approximate surface area is 99.4 Å². The zero-order chi connectivity index (χ0) is 12.3. The number of hydrogen-bond donors (Lipinski definition) is 1. The molecule has 0 atom stereocenters. The van der Waals surface area contributed by atoms with E-state index >= 15 is 0 Å². The molecule has 0 saturated heterocycles. The molecular weight excluding hydrogens is 218 g/mol. The van der Waals surface area contributed by atoms with Gasteiger partial charge in [0, 0.05) is 24.4 Å². The van der Waals surface area contributed by atoms with Gasteiger partial charge in [-0.15, -0.1) is 0 Å². The third kappa shape index (κ3) is 2.52. The summed E-state index contributed by atoms with van der Waals surface area (Å²) in [6.45, 7) is 2.99. The van der Waals surface area contributed by atoms with E-state index in [2.05, 4.69) is 22.0 Å². The van der Waals surface area contributed by atoms with E-state index < -0.39 is 0 Å². The van der Waals surface area contributed by atoms with Crippen LogP contribution >= 0.6 is 0 Å². The number of hydrogen-bond acceptors (Lipinski definition) is 5. The maximum absolute atomic E-state index is 5.61. The third-order valence-electron chi connectivity index (χ3n) is 2.31. The van der Waals surface area contributed by atoms with Gasteiger partial charge in [-0.25, -0.2) is 4.98 Å². The van der Waals surface area contributed by atoms with Crippen molar-refractivity contribution >= 4 is 5.95 Å². The van der Waals surface area contributed by atoms with E-state index in [1.165, 1.54) is 0 Å². The van der Waals surface area contributed by atoms with Crippen molar-refractivity contribution < 1.29 is 4.74 Å². The second-order valence-corrected chi connectivity index (χ2v) is 3.65. The Balaban J connectivity index is 2.34. The van der Waals surface area contributed by atoms with Crippen LogP contribution in [0.2, 0.25) is 0 Å². The van der Waals surface area contributed by atoms with Gasteiger partial charge in [-0.1, -0.05) is 6.92 Å². The van der Waals surface area contributed by atoms with Gasteiger partial charge in [0.2, 0.25) is 11.8 Å². The van der Waals surface area contributed by atoms with Gasteiger partial charge in [0.15, 0.2) is 0 Å². The van der Waals surface area contributed by atoms with E-state index in [0.717, 1.165) is 24.2 Å². The Hall–Kier alpha value is -2.11. The van der Waals surface area contributed by atoms with Crippen LogP contribution in [0.15, 0.2) is 18.5 Å². The molecule has 0 fully saturated rings. The number of anilines is 1. The Morgan fingerprint density at radius 2 is 2.24 bits per heavy atom. The third-order valence-corrected chi connectivity index (χ3v) is 2.31. The van der Waals surface area contributed by atoms with Crippen molar-refractivity contribution in [2.45, 2.75) is 19.9 Å². The number of nitrogens with two attached hydrogens (primary N) is 1. The van der Waals surface area contributed by atoms with Crippen LogP contribution in [-0.4, -0.2) is 26.9 Å². The lowest BCUT2D eigenvalue weighted by Crippen LogP contribution is -1.99. The summed E-state index contributed by atoms with van der Waals surface area (Å²) in [5, 5.41) is 4.24. The average Bonchev–Trinajstić information content (AvgIpc) is 2.77. The highest BCUT2D eigenvalue weighted by molar-refractivity contribution is 5.59. The SMILES string of the molecule is CCCn1cc(-c2cc(OC)nc(N)n2)cn1. The summed E-state index contributed by atoms with van der Waals surface area (Å²) in [6.07, 6.45) is 4.73. The lowest BCUT2D eigenvalue weighted by Gasteiger charge is -2.02. The fourth-order valence-corrected chi connectivity index (χ4v) is 1.54. The van der Waals surface area contributed by atoms with Gasteiger partial charge < -0.3 is 10.5 Å². The molecule has 0 radical (unpaired) electrons. The monoisotopic (exact) mass is 233 g/mol. The van der Waals surface area contributed by atoms with Crippen LogP contribution in [0.1, 0.15) is 13.3 Å². The zero-order valence-electron chi connectivity index (χ0n) is 9.92. The van der Waals surface area contributed by atoms with Crippen molar-refractivity contribution in [1.29, 1.82) is 0 Å². The van der Waals surface area contributed by atoms with Crippen LogP contribution in [0.25, 0.3) is 11.3 Å². The normalized spacial score (nSPS) is 10.5. The summed E-state index contributed by atoms with van der Waals surface area (Å²) in [7, 11) is 1.55. The Bertz CT molecular complexity index is 508. The second kappa shape index (κ2) is 4.82. The average molecular weight is 233 g/mol. The molecular formula is C11H15N5O. The molecule has 0 aromatic carbocycles. The molecule has 6 nitrogen and oxygen atoms in total. The highest BCUT2D eigenvalue weighted by Gasteiger charge is 2.07. The predicted octanol–water partition coefficient (Wildman–Crippen LogP) is 1.34. The van der Waals surface area contributed by atoms with E-state index in [0.29, 0.717) is 5.88 Å². The topological polar surface area (TPSA) is 78.9 Å². The van der Waals surface area contributed by atoms with Crippen molar-refractivity contribution in [1.82, 2.24) is 19.7 Å². The number of aryl methyl sites for hydroxylation is 1. The molecule has 0 spiro atoms. The molecule has 0 aliphatic heterocycles. The molecule has 2 heterocycles. The van der Waals surface area contributed by atoms with Crippen molar-refractivity contribution in [2.75, 3.05) is 12.8 Å². The molecule has 17 heavy (non-hydrogen) atoms. The summed E-state index contributed by atoms with van der Waals surface area (Å²) >= 11 is 0. The Kier molecular flexibility index (Phi) is 3.22. The fourth-order valence-electron chi connectivity index (χ4n) is 1.54. The summed E-state index contributed by atoms with van der Waals surface area (Å²) < 4.78 is 6.93. The van der Waals surface area contributed by atoms with Gasteiger partial charge in [0.25, 0.3) is 0 Å². The molecule has 2 rings (SSSR count). The first kappa shape index (κ1) is 11.4. The second-order valence-electron chi connectivity index (χ2n) is 3.65. The van der Waals surface area contributed by atoms with Crippen LogP contribution in [0.3, 0.4) is 0 Å². The summed E-state index contributed by atoms with van der Waals surface area (Å²) in [5.41, 5.74) is 7.24. The van der Waals surface area contributed by atoms with Crippen molar-refractivity contribution in [3.05, 3.63) is 18.5 Å². The molecule has 0 aliphatic rings. The van der Waals surface area contributed by atoms with Crippen molar-refractivity contribution in [3.63, 3.8) is 0 Å². The number of methoxy groups -OCH3 is 1. The first-order valence-corrected chi connectivity index (χ1v) is 5.44. The molecule has 2 N–H and O–H groups in total. The molecule has 0 amide bonds. The standard InChI is InChI=1S/C11H15N5O/c1-3-4-16-7-8(6-13-16)9-5-10(17-2)15-11(12)14-9/h5-7H,3-4H2,1-2H3,(H2,12,14,15). The first-order chi connectivity index (χ1) is 8.22. The quantitative estimate of drug-likeness (QED) is 0.862. The largest absolute Gasteiger partial charge is 0.481 e. The Morgan fingerprint density at radius 1 is 1.41 bits per heavy atom. The fraction of sp³-hybridized carbons (Fsp3) is 0.364. The molecule has 0 bridgehead atoms. The minimum absolute atomic E-state index is 0.197. The van der Waals surface area contributed by atoms with Crippen LogP contribution in [0.5, 0.6) is 5.88 Å². The maximum Gasteiger partial charge on any atom is 0.223 e. The lowest BCUT2D eigenvalue weighted by molar-refractivity contribution is 0.398. The number of aromatic nitrogens is 4. The molecule has 6 heteroatoms. The summed E-state index contributed by atoms with van der Waals surface area (Å²) in [6, 6.07) is 1.74. The van der Waals surface area contributed by atoms with Crippen LogP contribution < -0.4 is 10.5 Å². The van der Waals surface area contributed by atoms with E-state index in [1.54, 1.807) is 19.4 Å². The number of ether oxygens (including phenoxy) is 1. The van der Waals surface area contributed by atoms with Gasteiger partial charge in [0.1, 0.15) is 0 Å². The van der Waals surface area contributed by atoms with Crippen molar-refractivity contribution in [2.24, 2.45) is 0 Å². The van der Waals surface area contributed by atoms with E-state index in [-0.39, 0.29) is 5.95 Å². The van der Waals surface area contributed by atoms with E-state index in [1.807, 2.05) is 10.9 Å². The summed E-state index contributed by atoms with van der Waals surface area (Å²) in [4.78, 5) is 8.10. The van der Waals surface area contributed by atoms with Gasteiger partial charge in [-0.05, 0) is 6.42 Å². The molecule has 0 unspecified atom stereocenters. The van der Waals surface area contributed by atoms with Gasteiger partial charge >= 0.3 is 0 Å². The maximum atomic E-state index is 5.61. The Morgan fingerprint density at radius 3 is 2.94 bits per heavy atom. The smallest absolute Gasteiger partial charge is 0.223 e. The van der Waals surface area contributed by atoms with Crippen LogP contribution in [0.4, 0.5) is 5.95 Å². The molecule has 90 valence electrons. The van der Waals surface area contributed by atoms with Crippen LogP contribution in [-0.2, 0) is 6.54 Å². The van der Waals surface area contributed by atoms with Gasteiger partial charge in [-0.2, -0.15) is 10.1 Å². The minimum atomic E-state index is 0.197. The zero-order valence-corrected chi connectivity index (χ0v) is 9.92. The minimum Gasteiger partial charge on any atom is -0.481 e. The number of rotatable bonds is 4. The highest BCUT2D eigenvalue weighted by Crippen LogP contribution is 2.20. The predicted molar refractivity (Wildman–Crippen MR) is 64.5 cm³/mol. The van der Waals surface area contributed by atoms with E-state index in [9.17, 15) is 0 Å². The molecule has 2 aromatic heterocycles. The van der Waals surface area contributed by atoms with Gasteiger partial charge in [-0.3, -0.25) is 4.68 Å².